The average molecular weight is 697 g/mol. The molecule has 4 aromatic rings. The first-order valence-electron chi connectivity index (χ1n) is 17.3. The number of carbonyl (C=O) groups is 1. The Balaban J connectivity index is 1.37. The van der Waals surface area contributed by atoms with Gasteiger partial charge in [-0.1, -0.05) is 65.0 Å². The molecular formula is C39H48N6O4S. The maximum absolute atomic E-state index is 14.4. The lowest BCUT2D eigenvalue weighted by atomic mass is 9.87. The molecule has 0 unspecified atom stereocenters. The predicted molar refractivity (Wildman–Crippen MR) is 197 cm³/mol. The van der Waals surface area contributed by atoms with Crippen LogP contribution in [0.2, 0.25) is 0 Å². The van der Waals surface area contributed by atoms with Crippen molar-refractivity contribution in [2.24, 2.45) is 10.8 Å². The van der Waals surface area contributed by atoms with Gasteiger partial charge in [0.1, 0.15) is 12.4 Å². The van der Waals surface area contributed by atoms with Gasteiger partial charge in [0.2, 0.25) is 11.8 Å². The van der Waals surface area contributed by atoms with E-state index >= 15 is 0 Å². The Bertz CT molecular complexity index is 1970. The second kappa shape index (κ2) is 13.7. The number of hydrogen-bond acceptors (Lipinski definition) is 8. The van der Waals surface area contributed by atoms with Gasteiger partial charge in [0.15, 0.2) is 0 Å². The Morgan fingerprint density at radius 2 is 1.74 bits per heavy atom. The van der Waals surface area contributed by atoms with Gasteiger partial charge in [-0.25, -0.2) is 23.1 Å². The smallest absolute Gasteiger partial charge is 0.264 e. The molecule has 4 bridgehead atoms. The third-order valence-corrected chi connectivity index (χ3v) is 10.8. The number of aromatic nitrogens is 3. The first-order chi connectivity index (χ1) is 23.6. The highest BCUT2D eigenvalue weighted by molar-refractivity contribution is 7.92. The summed E-state index contributed by atoms with van der Waals surface area (Å²) in [5, 5.41) is 0. The van der Waals surface area contributed by atoms with E-state index in [1.54, 1.807) is 18.2 Å². The molecule has 1 saturated heterocycles. The van der Waals surface area contributed by atoms with Gasteiger partial charge in [0.25, 0.3) is 15.9 Å². The molecule has 1 N–H and O–H groups in total. The van der Waals surface area contributed by atoms with Crippen molar-refractivity contribution in [3.63, 3.8) is 0 Å². The van der Waals surface area contributed by atoms with Crippen molar-refractivity contribution in [2.45, 2.75) is 78.7 Å². The number of carbonyl (C=O) groups excluding carboxylic acids is 1. The molecule has 2 aromatic carbocycles. The van der Waals surface area contributed by atoms with Crippen LogP contribution >= 0.6 is 0 Å². The predicted octanol–water partition coefficient (Wildman–Crippen LogP) is 7.07. The summed E-state index contributed by atoms with van der Waals surface area (Å²) in [4.78, 5) is 32.4. The topological polar surface area (TPSA) is 118 Å². The van der Waals surface area contributed by atoms with E-state index in [1.165, 1.54) is 12.1 Å². The average Bonchev–Trinajstić information content (AvgIpc) is 3.42. The number of aryl methyl sites for hydroxylation is 2. The number of hydrogen-bond donors (Lipinski definition) is 1. The summed E-state index contributed by atoms with van der Waals surface area (Å²) in [6.45, 7) is 17.5. The number of nitrogens with zero attached hydrogens (tertiary/aromatic N) is 5. The van der Waals surface area contributed by atoms with Gasteiger partial charge in [-0.3, -0.25) is 4.79 Å². The molecule has 1 amide bonds. The molecule has 6 rings (SSSR count). The van der Waals surface area contributed by atoms with Gasteiger partial charge in [0, 0.05) is 43.0 Å². The summed E-state index contributed by atoms with van der Waals surface area (Å²) in [5.74, 6) is 0.816. The molecule has 0 aliphatic carbocycles. The van der Waals surface area contributed by atoms with Crippen LogP contribution in [0.5, 0.6) is 5.88 Å². The van der Waals surface area contributed by atoms with E-state index in [9.17, 15) is 13.2 Å². The SMILES string of the molecule is Cc1cccc(C)c1-c1cc2nc(n1)NS(=O)(=O)c1cccc(c1)C(=O)N(CCc1ccc(N3CCC(C)(C)C3)nc1)[C@H](CC(C)(C)C)CO2. The number of sulfonamides is 1. The lowest BCUT2D eigenvalue weighted by Crippen LogP contribution is -2.46. The Hall–Kier alpha value is -4.51. The molecule has 50 heavy (non-hydrogen) atoms. The molecule has 264 valence electrons. The number of pyridine rings is 1. The Labute approximate surface area is 296 Å². The fraction of sp³-hybridized carbons (Fsp3) is 0.436. The number of anilines is 2. The summed E-state index contributed by atoms with van der Waals surface area (Å²) in [5.41, 5.74) is 4.80. The lowest BCUT2D eigenvalue weighted by Gasteiger charge is -2.36. The molecule has 0 saturated carbocycles. The van der Waals surface area contributed by atoms with Crippen LogP contribution in [0.25, 0.3) is 11.3 Å². The highest BCUT2D eigenvalue weighted by Gasteiger charge is 2.32. The van der Waals surface area contributed by atoms with Crippen LogP contribution in [0.4, 0.5) is 11.8 Å². The number of ether oxygens (including phenoxy) is 1. The second-order valence-corrected chi connectivity index (χ2v) is 17.3. The first kappa shape index (κ1) is 35.3. The van der Waals surface area contributed by atoms with Crippen LogP contribution in [0.1, 0.15) is 74.5 Å². The Kier molecular flexibility index (Phi) is 9.65. The zero-order valence-electron chi connectivity index (χ0n) is 30.2. The van der Waals surface area contributed by atoms with E-state index in [2.05, 4.69) is 66.3 Å². The maximum atomic E-state index is 14.4. The van der Waals surface area contributed by atoms with E-state index in [0.29, 0.717) is 25.1 Å². The molecular weight excluding hydrogens is 649 g/mol. The fourth-order valence-corrected chi connectivity index (χ4v) is 7.93. The van der Waals surface area contributed by atoms with Crippen LogP contribution < -0.4 is 14.4 Å². The number of fused-ring (bicyclic) bond motifs is 4. The van der Waals surface area contributed by atoms with E-state index in [0.717, 1.165) is 47.6 Å². The van der Waals surface area contributed by atoms with Crippen LogP contribution in [0, 0.1) is 24.7 Å². The molecule has 2 aliphatic rings. The molecule has 0 radical (unpaired) electrons. The third kappa shape index (κ3) is 8.09. The van der Waals surface area contributed by atoms with Gasteiger partial charge in [-0.05, 0) is 84.9 Å². The molecule has 4 heterocycles. The van der Waals surface area contributed by atoms with Crippen molar-refractivity contribution >= 4 is 27.7 Å². The van der Waals surface area contributed by atoms with Gasteiger partial charge < -0.3 is 14.5 Å². The normalized spacial score (nSPS) is 18.8. The molecule has 1 fully saturated rings. The molecule has 2 aromatic heterocycles. The number of benzene rings is 2. The van der Waals surface area contributed by atoms with Crippen molar-refractivity contribution in [1.29, 1.82) is 0 Å². The molecule has 2 aliphatic heterocycles. The highest BCUT2D eigenvalue weighted by atomic mass is 32.2. The van der Waals surface area contributed by atoms with Crippen LogP contribution in [0.3, 0.4) is 0 Å². The minimum absolute atomic E-state index is 0.0525. The van der Waals surface area contributed by atoms with Gasteiger partial charge >= 0.3 is 0 Å². The summed E-state index contributed by atoms with van der Waals surface area (Å²) < 4.78 is 36.3. The van der Waals surface area contributed by atoms with Crippen LogP contribution in [-0.2, 0) is 16.4 Å². The number of nitrogens with one attached hydrogen (secondary N) is 1. The van der Waals surface area contributed by atoms with E-state index < -0.39 is 10.0 Å². The fourth-order valence-electron chi connectivity index (χ4n) is 6.94. The van der Waals surface area contributed by atoms with Crippen molar-refractivity contribution in [3.05, 3.63) is 89.1 Å². The zero-order chi connectivity index (χ0) is 35.8. The van der Waals surface area contributed by atoms with Crippen molar-refractivity contribution < 1.29 is 17.9 Å². The zero-order valence-corrected chi connectivity index (χ0v) is 31.0. The van der Waals surface area contributed by atoms with Crippen molar-refractivity contribution in [2.75, 3.05) is 35.9 Å². The summed E-state index contributed by atoms with van der Waals surface area (Å²) in [6, 6.07) is 17.6. The Morgan fingerprint density at radius 3 is 2.40 bits per heavy atom. The molecule has 0 spiro atoms. The van der Waals surface area contributed by atoms with Crippen LogP contribution in [-0.4, -0.2) is 66.5 Å². The largest absolute Gasteiger partial charge is 0.475 e. The quantitative estimate of drug-likeness (QED) is 0.228. The number of amides is 1. The standard InChI is InChI=1S/C39H48N6O4S/c1-26-10-8-11-27(2)35(26)32-21-34-42-37(41-32)43-50(47,48)31-13-9-12-29(20-31)36(46)45(30(24-49-34)22-38(3,4)5)18-16-28-14-15-33(40-23-28)44-19-17-39(6,7)25-44/h8-15,20-21,23,30H,16-19,22,24-25H2,1-7H3,(H,41,42,43)/t30-/m1/s1. The van der Waals surface area contributed by atoms with E-state index in [4.69, 9.17) is 9.72 Å². The van der Waals surface area contributed by atoms with E-state index in [-0.39, 0.29) is 51.7 Å². The summed E-state index contributed by atoms with van der Waals surface area (Å²) >= 11 is 0. The summed E-state index contributed by atoms with van der Waals surface area (Å²) in [7, 11) is -4.15. The van der Waals surface area contributed by atoms with Gasteiger partial charge in [-0.15, -0.1) is 0 Å². The Morgan fingerprint density at radius 1 is 1.00 bits per heavy atom. The minimum Gasteiger partial charge on any atom is -0.475 e. The van der Waals surface area contributed by atoms with E-state index in [1.807, 2.05) is 43.1 Å². The van der Waals surface area contributed by atoms with Crippen molar-refractivity contribution in [3.8, 4) is 17.1 Å². The van der Waals surface area contributed by atoms with Gasteiger partial charge in [-0.2, -0.15) is 4.98 Å². The second-order valence-electron chi connectivity index (χ2n) is 15.7. The number of rotatable bonds is 6. The minimum atomic E-state index is -4.15. The first-order valence-corrected chi connectivity index (χ1v) is 18.8. The van der Waals surface area contributed by atoms with Crippen molar-refractivity contribution in [1.82, 2.24) is 19.9 Å². The van der Waals surface area contributed by atoms with Crippen LogP contribution in [0.15, 0.2) is 71.8 Å². The monoisotopic (exact) mass is 696 g/mol. The molecule has 1 atom stereocenters. The third-order valence-electron chi connectivity index (χ3n) is 9.48. The van der Waals surface area contributed by atoms with Gasteiger partial charge in [0.05, 0.1) is 16.6 Å². The molecule has 11 heteroatoms. The lowest BCUT2D eigenvalue weighted by molar-refractivity contribution is 0.0540. The highest BCUT2D eigenvalue weighted by Crippen LogP contribution is 2.33. The molecule has 10 nitrogen and oxygen atoms in total. The summed E-state index contributed by atoms with van der Waals surface area (Å²) in [6.07, 6.45) is 4.24. The maximum Gasteiger partial charge on any atom is 0.264 e.